The summed E-state index contributed by atoms with van der Waals surface area (Å²) in [5.41, 5.74) is 1.89. The first-order valence-corrected chi connectivity index (χ1v) is 8.11. The second-order valence-corrected chi connectivity index (χ2v) is 6.41. The standard InChI is InChI=1S/C16H23BrN2O/c1-4-12(2)18-7-9-19(10-8-18)16-6-5-14(17)11-15(16)13(3)20/h5-6,11-12H,4,7-10H2,1-3H3. The van der Waals surface area contributed by atoms with Crippen molar-refractivity contribution in [3.8, 4) is 0 Å². The van der Waals surface area contributed by atoms with Gasteiger partial charge in [-0.1, -0.05) is 22.9 Å². The van der Waals surface area contributed by atoms with Gasteiger partial charge in [0.2, 0.25) is 0 Å². The molecule has 0 spiro atoms. The highest BCUT2D eigenvalue weighted by atomic mass is 79.9. The van der Waals surface area contributed by atoms with Gasteiger partial charge in [-0.3, -0.25) is 9.69 Å². The second kappa shape index (κ2) is 6.72. The van der Waals surface area contributed by atoms with Gasteiger partial charge in [0, 0.05) is 47.9 Å². The minimum Gasteiger partial charge on any atom is -0.368 e. The largest absolute Gasteiger partial charge is 0.368 e. The van der Waals surface area contributed by atoms with Gasteiger partial charge in [-0.2, -0.15) is 0 Å². The van der Waals surface area contributed by atoms with Crippen molar-refractivity contribution < 1.29 is 4.79 Å². The number of hydrogen-bond acceptors (Lipinski definition) is 3. The maximum absolute atomic E-state index is 11.8. The third-order valence-corrected chi connectivity index (χ3v) is 4.70. The fourth-order valence-electron chi connectivity index (χ4n) is 2.73. The molecular formula is C16H23BrN2O. The first-order valence-electron chi connectivity index (χ1n) is 7.32. The van der Waals surface area contributed by atoms with Gasteiger partial charge in [0.1, 0.15) is 0 Å². The number of anilines is 1. The van der Waals surface area contributed by atoms with Crippen LogP contribution < -0.4 is 4.90 Å². The molecule has 1 aromatic rings. The fourth-order valence-corrected chi connectivity index (χ4v) is 3.09. The number of halogens is 1. The highest BCUT2D eigenvalue weighted by molar-refractivity contribution is 9.10. The van der Waals surface area contributed by atoms with Crippen LogP contribution in [0, 0.1) is 0 Å². The van der Waals surface area contributed by atoms with Crippen LogP contribution in [-0.2, 0) is 0 Å². The van der Waals surface area contributed by atoms with E-state index in [-0.39, 0.29) is 5.78 Å². The van der Waals surface area contributed by atoms with Crippen LogP contribution in [0.25, 0.3) is 0 Å². The molecule has 1 unspecified atom stereocenters. The minimum absolute atomic E-state index is 0.130. The number of hydrogen-bond donors (Lipinski definition) is 0. The summed E-state index contributed by atoms with van der Waals surface area (Å²) in [5, 5.41) is 0. The number of carbonyl (C=O) groups is 1. The number of nitrogens with zero attached hydrogens (tertiary/aromatic N) is 2. The zero-order valence-corrected chi connectivity index (χ0v) is 14.1. The van der Waals surface area contributed by atoms with E-state index in [9.17, 15) is 4.79 Å². The highest BCUT2D eigenvalue weighted by Gasteiger charge is 2.22. The van der Waals surface area contributed by atoms with Crippen molar-refractivity contribution in [2.24, 2.45) is 0 Å². The Labute approximate surface area is 130 Å². The van der Waals surface area contributed by atoms with Gasteiger partial charge in [-0.05, 0) is 38.5 Å². The third-order valence-electron chi connectivity index (χ3n) is 4.21. The maximum Gasteiger partial charge on any atom is 0.161 e. The Kier molecular flexibility index (Phi) is 5.22. The van der Waals surface area contributed by atoms with Crippen molar-refractivity contribution in [3.05, 3.63) is 28.2 Å². The van der Waals surface area contributed by atoms with E-state index in [0.717, 1.165) is 41.9 Å². The number of piperazine rings is 1. The molecule has 1 fully saturated rings. The van der Waals surface area contributed by atoms with Gasteiger partial charge in [0.05, 0.1) is 0 Å². The Morgan fingerprint density at radius 2 is 1.95 bits per heavy atom. The van der Waals surface area contributed by atoms with Crippen molar-refractivity contribution in [1.29, 1.82) is 0 Å². The summed E-state index contributed by atoms with van der Waals surface area (Å²) in [5.74, 6) is 0.130. The summed E-state index contributed by atoms with van der Waals surface area (Å²) in [4.78, 5) is 16.7. The number of ketones is 1. The van der Waals surface area contributed by atoms with E-state index in [1.807, 2.05) is 12.1 Å². The van der Waals surface area contributed by atoms with Crippen LogP contribution in [0.4, 0.5) is 5.69 Å². The Morgan fingerprint density at radius 3 is 2.50 bits per heavy atom. The quantitative estimate of drug-likeness (QED) is 0.784. The van der Waals surface area contributed by atoms with Crippen LogP contribution in [0.1, 0.15) is 37.6 Å². The van der Waals surface area contributed by atoms with Crippen LogP contribution in [0.3, 0.4) is 0 Å². The minimum atomic E-state index is 0.130. The zero-order chi connectivity index (χ0) is 14.7. The molecule has 4 heteroatoms. The van der Waals surface area contributed by atoms with Gasteiger partial charge in [-0.15, -0.1) is 0 Å². The summed E-state index contributed by atoms with van der Waals surface area (Å²) in [6.45, 7) is 10.3. The van der Waals surface area contributed by atoms with Crippen molar-refractivity contribution >= 4 is 27.4 Å². The van der Waals surface area contributed by atoms with Gasteiger partial charge in [0.15, 0.2) is 5.78 Å². The molecule has 20 heavy (non-hydrogen) atoms. The van der Waals surface area contributed by atoms with E-state index in [1.165, 1.54) is 6.42 Å². The molecule has 1 aliphatic heterocycles. The molecular weight excluding hydrogens is 316 g/mol. The molecule has 0 aromatic heterocycles. The topological polar surface area (TPSA) is 23.6 Å². The van der Waals surface area contributed by atoms with E-state index in [4.69, 9.17) is 0 Å². The summed E-state index contributed by atoms with van der Waals surface area (Å²) in [6, 6.07) is 6.65. The van der Waals surface area contributed by atoms with Gasteiger partial charge >= 0.3 is 0 Å². The second-order valence-electron chi connectivity index (χ2n) is 5.50. The predicted octanol–water partition coefficient (Wildman–Crippen LogP) is 3.57. The summed E-state index contributed by atoms with van der Waals surface area (Å²) in [7, 11) is 0. The van der Waals surface area contributed by atoms with E-state index in [0.29, 0.717) is 6.04 Å². The summed E-state index contributed by atoms with van der Waals surface area (Å²) in [6.07, 6.45) is 1.19. The van der Waals surface area contributed by atoms with Crippen LogP contribution in [0.15, 0.2) is 22.7 Å². The molecule has 1 aliphatic rings. The average molecular weight is 339 g/mol. The molecule has 0 aliphatic carbocycles. The van der Waals surface area contributed by atoms with Crippen LogP contribution in [0.2, 0.25) is 0 Å². The van der Waals surface area contributed by atoms with Gasteiger partial charge < -0.3 is 4.90 Å². The normalized spacial score (nSPS) is 18.1. The van der Waals surface area contributed by atoms with E-state index in [1.54, 1.807) is 6.92 Å². The number of Topliss-reactive ketones (excluding diaryl/α,β-unsaturated/α-hetero) is 1. The molecule has 1 aromatic carbocycles. The molecule has 1 heterocycles. The molecule has 1 saturated heterocycles. The lowest BCUT2D eigenvalue weighted by Crippen LogP contribution is -2.49. The highest BCUT2D eigenvalue weighted by Crippen LogP contribution is 2.26. The number of benzene rings is 1. The van der Waals surface area contributed by atoms with Crippen LogP contribution >= 0.6 is 15.9 Å². The number of carbonyl (C=O) groups excluding carboxylic acids is 1. The Morgan fingerprint density at radius 1 is 1.30 bits per heavy atom. The molecule has 1 atom stereocenters. The van der Waals surface area contributed by atoms with Gasteiger partial charge in [0.25, 0.3) is 0 Å². The molecule has 0 saturated carbocycles. The molecule has 2 rings (SSSR count). The lowest BCUT2D eigenvalue weighted by Gasteiger charge is -2.39. The molecule has 0 bridgehead atoms. The molecule has 0 radical (unpaired) electrons. The monoisotopic (exact) mass is 338 g/mol. The van der Waals surface area contributed by atoms with Crippen molar-refractivity contribution in [1.82, 2.24) is 4.90 Å². The van der Waals surface area contributed by atoms with Crippen LogP contribution in [-0.4, -0.2) is 42.9 Å². The van der Waals surface area contributed by atoms with Crippen molar-refractivity contribution in [2.45, 2.75) is 33.2 Å². The van der Waals surface area contributed by atoms with E-state index >= 15 is 0 Å². The van der Waals surface area contributed by atoms with Crippen molar-refractivity contribution in [2.75, 3.05) is 31.1 Å². The SMILES string of the molecule is CCC(C)N1CCN(c2ccc(Br)cc2C(C)=O)CC1. The van der Waals surface area contributed by atoms with Gasteiger partial charge in [-0.25, -0.2) is 0 Å². The Hall–Kier alpha value is -0.870. The maximum atomic E-state index is 11.8. The number of rotatable bonds is 4. The first kappa shape index (κ1) is 15.5. The smallest absolute Gasteiger partial charge is 0.161 e. The molecule has 0 amide bonds. The molecule has 110 valence electrons. The lowest BCUT2D eigenvalue weighted by atomic mass is 10.1. The summed E-state index contributed by atoms with van der Waals surface area (Å²) < 4.78 is 0.963. The Balaban J connectivity index is 2.13. The zero-order valence-electron chi connectivity index (χ0n) is 12.5. The van der Waals surface area contributed by atoms with Crippen molar-refractivity contribution in [3.63, 3.8) is 0 Å². The molecule has 0 N–H and O–H groups in total. The average Bonchev–Trinajstić information content (AvgIpc) is 2.46. The summed E-state index contributed by atoms with van der Waals surface area (Å²) >= 11 is 3.45. The third kappa shape index (κ3) is 3.41. The van der Waals surface area contributed by atoms with E-state index in [2.05, 4.69) is 45.6 Å². The molecule has 3 nitrogen and oxygen atoms in total. The van der Waals surface area contributed by atoms with E-state index < -0.39 is 0 Å². The first-order chi connectivity index (χ1) is 9.52. The van der Waals surface area contributed by atoms with Crippen LogP contribution in [0.5, 0.6) is 0 Å². The predicted molar refractivity (Wildman–Crippen MR) is 87.7 cm³/mol. The fraction of sp³-hybridized carbons (Fsp3) is 0.562. The lowest BCUT2D eigenvalue weighted by molar-refractivity contribution is 0.101. The Bertz CT molecular complexity index is 481.